The van der Waals surface area contributed by atoms with Gasteiger partial charge < -0.3 is 15.7 Å². The monoisotopic (exact) mass is 476 g/mol. The quantitative estimate of drug-likeness (QED) is 0.269. The van der Waals surface area contributed by atoms with Gasteiger partial charge in [-0.2, -0.15) is 0 Å². The van der Waals surface area contributed by atoms with Gasteiger partial charge in [0.1, 0.15) is 6.10 Å². The van der Waals surface area contributed by atoms with Crippen LogP contribution in [0.25, 0.3) is 0 Å². The second-order valence-corrected chi connectivity index (χ2v) is 9.44. The number of carbonyl (C=O) groups excluding carboxylic acids is 1. The highest BCUT2D eigenvalue weighted by atomic mass is 16.3. The fraction of sp³-hybridized carbons (Fsp3) is 0.219. The number of anilines is 4. The maximum absolute atomic E-state index is 13.9. The van der Waals surface area contributed by atoms with E-state index in [0.717, 1.165) is 41.0 Å². The number of nitrogens with one attached hydrogen (secondary N) is 2. The van der Waals surface area contributed by atoms with Crippen LogP contribution in [0.2, 0.25) is 0 Å². The maximum Gasteiger partial charge on any atom is 0.195 e. The smallest absolute Gasteiger partial charge is 0.195 e. The molecule has 0 aliphatic heterocycles. The first-order valence-electron chi connectivity index (χ1n) is 12.6. The van der Waals surface area contributed by atoms with Crippen molar-refractivity contribution in [2.45, 2.75) is 46.6 Å². The average Bonchev–Trinajstić information content (AvgIpc) is 2.90. The van der Waals surface area contributed by atoms with E-state index in [9.17, 15) is 9.90 Å². The molecule has 0 fully saturated rings. The normalized spacial score (nSPS) is 14.2. The number of hydrogen-bond acceptors (Lipinski definition) is 4. The van der Waals surface area contributed by atoms with E-state index in [1.54, 1.807) is 6.07 Å². The maximum atomic E-state index is 13.9. The van der Waals surface area contributed by atoms with Crippen molar-refractivity contribution >= 4 is 28.5 Å². The molecule has 3 N–H and O–H groups in total. The van der Waals surface area contributed by atoms with Crippen LogP contribution >= 0.6 is 0 Å². The van der Waals surface area contributed by atoms with Crippen LogP contribution in [0.4, 0.5) is 22.7 Å². The van der Waals surface area contributed by atoms with Crippen LogP contribution in [-0.2, 0) is 12.8 Å². The van der Waals surface area contributed by atoms with Crippen LogP contribution in [0.5, 0.6) is 0 Å². The first-order chi connectivity index (χ1) is 17.4. The van der Waals surface area contributed by atoms with Crippen molar-refractivity contribution in [1.29, 1.82) is 0 Å². The van der Waals surface area contributed by atoms with Crippen LogP contribution in [0.1, 0.15) is 69.3 Å². The van der Waals surface area contributed by atoms with Gasteiger partial charge in [-0.05, 0) is 66.6 Å². The SMILES string of the molecule is CCc1cccc(C)c1Nc1ccc(Nc2c(C)cccc2CC)c2c1C(=O)c1ccccc1C2O. The zero-order valence-electron chi connectivity index (χ0n) is 21.3. The predicted octanol–water partition coefficient (Wildman–Crippen LogP) is 7.54. The van der Waals surface area contributed by atoms with Gasteiger partial charge in [-0.15, -0.1) is 0 Å². The number of hydrogen-bond donors (Lipinski definition) is 3. The molecule has 4 heteroatoms. The molecule has 1 unspecified atom stereocenters. The number of aliphatic hydroxyl groups is 1. The summed E-state index contributed by atoms with van der Waals surface area (Å²) in [4.78, 5) is 13.9. The third-order valence-corrected chi connectivity index (χ3v) is 7.25. The van der Waals surface area contributed by atoms with Gasteiger partial charge in [0, 0.05) is 28.2 Å². The van der Waals surface area contributed by atoms with Gasteiger partial charge >= 0.3 is 0 Å². The van der Waals surface area contributed by atoms with Crippen molar-refractivity contribution < 1.29 is 9.90 Å². The number of benzene rings is 4. The fourth-order valence-corrected chi connectivity index (χ4v) is 5.27. The Bertz CT molecular complexity index is 1470. The summed E-state index contributed by atoms with van der Waals surface area (Å²) in [5.41, 5.74) is 10.4. The second kappa shape index (κ2) is 9.63. The number of ketones is 1. The lowest BCUT2D eigenvalue weighted by Crippen LogP contribution is -2.22. The van der Waals surface area contributed by atoms with Crippen molar-refractivity contribution in [3.05, 3.63) is 117 Å². The Morgan fingerprint density at radius 2 is 1.28 bits per heavy atom. The molecule has 4 aromatic carbocycles. The number of aliphatic hydroxyl groups excluding tert-OH is 1. The van der Waals surface area contributed by atoms with E-state index < -0.39 is 6.10 Å². The van der Waals surface area contributed by atoms with E-state index in [-0.39, 0.29) is 5.78 Å². The van der Waals surface area contributed by atoms with Crippen molar-refractivity contribution in [2.24, 2.45) is 0 Å². The summed E-state index contributed by atoms with van der Waals surface area (Å²) in [7, 11) is 0. The van der Waals surface area contributed by atoms with Crippen LogP contribution in [0, 0.1) is 13.8 Å². The number of fused-ring (bicyclic) bond motifs is 2. The van der Waals surface area contributed by atoms with Crippen molar-refractivity contribution in [3.63, 3.8) is 0 Å². The van der Waals surface area contributed by atoms with Crippen LogP contribution < -0.4 is 10.6 Å². The number of rotatable bonds is 6. The first-order valence-corrected chi connectivity index (χ1v) is 12.6. The molecule has 0 amide bonds. The molecule has 0 saturated carbocycles. The molecule has 36 heavy (non-hydrogen) atoms. The zero-order chi connectivity index (χ0) is 25.4. The number of carbonyl (C=O) groups is 1. The number of para-hydroxylation sites is 2. The molecule has 0 bridgehead atoms. The molecule has 5 rings (SSSR count). The van der Waals surface area contributed by atoms with Gasteiger partial charge in [0.25, 0.3) is 0 Å². The molecule has 0 heterocycles. The Morgan fingerprint density at radius 1 is 0.722 bits per heavy atom. The van der Waals surface area contributed by atoms with E-state index in [4.69, 9.17) is 0 Å². The van der Waals surface area contributed by atoms with Crippen molar-refractivity contribution in [2.75, 3.05) is 10.6 Å². The van der Waals surface area contributed by atoms with Gasteiger partial charge in [0.15, 0.2) is 5.78 Å². The molecule has 1 aliphatic rings. The van der Waals surface area contributed by atoms with Crippen LogP contribution in [0.15, 0.2) is 72.8 Å². The highest BCUT2D eigenvalue weighted by Gasteiger charge is 2.34. The Hall–Kier alpha value is -3.89. The summed E-state index contributed by atoms with van der Waals surface area (Å²) in [6.07, 6.45) is 0.830. The van der Waals surface area contributed by atoms with Crippen LogP contribution in [-0.4, -0.2) is 10.9 Å². The molecule has 4 aromatic rings. The summed E-state index contributed by atoms with van der Waals surface area (Å²) in [5, 5.41) is 18.8. The molecular weight excluding hydrogens is 444 g/mol. The lowest BCUT2D eigenvalue weighted by molar-refractivity contribution is 0.102. The summed E-state index contributed by atoms with van der Waals surface area (Å²) >= 11 is 0. The largest absolute Gasteiger partial charge is 0.384 e. The van der Waals surface area contributed by atoms with Gasteiger partial charge in [-0.1, -0.05) is 74.5 Å². The zero-order valence-corrected chi connectivity index (χ0v) is 21.3. The average molecular weight is 477 g/mol. The van der Waals surface area contributed by atoms with Crippen LogP contribution in [0.3, 0.4) is 0 Å². The Kier molecular flexibility index (Phi) is 6.38. The van der Waals surface area contributed by atoms with Crippen molar-refractivity contribution in [1.82, 2.24) is 0 Å². The Balaban J connectivity index is 1.71. The molecule has 182 valence electrons. The predicted molar refractivity (Wildman–Crippen MR) is 148 cm³/mol. The summed E-state index contributed by atoms with van der Waals surface area (Å²) in [6, 6.07) is 23.8. The van der Waals surface area contributed by atoms with Crippen molar-refractivity contribution in [3.8, 4) is 0 Å². The van der Waals surface area contributed by atoms with Gasteiger partial charge in [0.2, 0.25) is 0 Å². The minimum atomic E-state index is -0.922. The van der Waals surface area contributed by atoms with E-state index in [2.05, 4.69) is 74.7 Å². The van der Waals surface area contributed by atoms with Gasteiger partial charge in [0.05, 0.1) is 11.3 Å². The van der Waals surface area contributed by atoms with Gasteiger partial charge in [-0.3, -0.25) is 4.79 Å². The number of aryl methyl sites for hydroxylation is 4. The Morgan fingerprint density at radius 3 is 1.89 bits per heavy atom. The standard InChI is InChI=1S/C32H32N2O2/c1-5-21-13-9-11-19(3)29(21)33-25-17-18-26(34-30-20(4)12-10-14-22(30)6-2)28-27(25)31(35)23-15-7-8-16-24(23)32(28)36/h7-18,31,33-35H,5-6H2,1-4H3. The molecule has 0 aromatic heterocycles. The van der Waals surface area contributed by atoms with E-state index in [0.29, 0.717) is 27.9 Å². The van der Waals surface area contributed by atoms with E-state index >= 15 is 0 Å². The third kappa shape index (κ3) is 3.98. The second-order valence-electron chi connectivity index (χ2n) is 9.44. The topological polar surface area (TPSA) is 61.4 Å². The molecule has 0 spiro atoms. The fourth-order valence-electron chi connectivity index (χ4n) is 5.27. The van der Waals surface area contributed by atoms with E-state index in [1.807, 2.05) is 30.3 Å². The third-order valence-electron chi connectivity index (χ3n) is 7.25. The molecular formula is C32H32N2O2. The lowest BCUT2D eigenvalue weighted by Gasteiger charge is -2.29. The minimum absolute atomic E-state index is 0.0795. The summed E-state index contributed by atoms with van der Waals surface area (Å²) < 4.78 is 0. The first kappa shape index (κ1) is 23.8. The lowest BCUT2D eigenvalue weighted by atomic mass is 9.81. The summed E-state index contributed by atoms with van der Waals surface area (Å²) in [6.45, 7) is 8.40. The molecule has 1 aliphatic carbocycles. The Labute approximate surface area is 213 Å². The molecule has 4 nitrogen and oxygen atoms in total. The van der Waals surface area contributed by atoms with E-state index in [1.165, 1.54) is 11.1 Å². The highest BCUT2D eigenvalue weighted by Crippen LogP contribution is 2.44. The highest BCUT2D eigenvalue weighted by molar-refractivity contribution is 6.17. The van der Waals surface area contributed by atoms with Gasteiger partial charge in [-0.25, -0.2) is 0 Å². The summed E-state index contributed by atoms with van der Waals surface area (Å²) in [5.74, 6) is -0.0795. The molecule has 1 atom stereocenters. The molecule has 0 saturated heterocycles. The minimum Gasteiger partial charge on any atom is -0.384 e. The molecule has 0 radical (unpaired) electrons.